The maximum absolute atomic E-state index is 12.0. The van der Waals surface area contributed by atoms with Crippen LogP contribution in [0.5, 0.6) is 0 Å². The number of benzene rings is 1. The van der Waals surface area contributed by atoms with E-state index in [1.54, 1.807) is 0 Å². The normalized spacial score (nSPS) is 14.7. The number of hydrogen-bond acceptors (Lipinski definition) is 1. The van der Waals surface area contributed by atoms with Gasteiger partial charge in [0.1, 0.15) is 0 Å². The molecule has 0 aliphatic heterocycles. The second kappa shape index (κ2) is 4.53. The molecule has 1 aliphatic rings. The van der Waals surface area contributed by atoms with Gasteiger partial charge < -0.3 is 4.57 Å². The van der Waals surface area contributed by atoms with Crippen LogP contribution in [0, 0.1) is 10.5 Å². The molecule has 18 heavy (non-hydrogen) atoms. The lowest BCUT2D eigenvalue weighted by molar-refractivity contribution is 0.0972. The van der Waals surface area contributed by atoms with Gasteiger partial charge in [-0.25, -0.2) is 0 Å². The molecule has 0 amide bonds. The second-order valence-corrected chi connectivity index (χ2v) is 5.87. The van der Waals surface area contributed by atoms with E-state index >= 15 is 0 Å². The van der Waals surface area contributed by atoms with Crippen LogP contribution >= 0.6 is 22.6 Å². The fraction of sp³-hybridized carbons (Fsp3) is 0.267. The van der Waals surface area contributed by atoms with Gasteiger partial charge in [0, 0.05) is 26.9 Å². The predicted molar refractivity (Wildman–Crippen MR) is 80.5 cm³/mol. The van der Waals surface area contributed by atoms with Gasteiger partial charge in [-0.05, 0) is 60.6 Å². The average Bonchev–Trinajstić information content (AvgIpc) is 2.68. The van der Waals surface area contributed by atoms with Gasteiger partial charge in [-0.3, -0.25) is 4.79 Å². The van der Waals surface area contributed by atoms with E-state index in [9.17, 15) is 4.79 Å². The SMILES string of the molecule is Cc1cc2c(n1-c1ccccc1I)CCCC2=O. The minimum atomic E-state index is 0.295. The molecule has 0 unspecified atom stereocenters. The Kier molecular flexibility index (Phi) is 3.01. The Hall–Kier alpha value is -1.10. The lowest BCUT2D eigenvalue weighted by atomic mass is 9.96. The first-order chi connectivity index (χ1) is 8.68. The zero-order chi connectivity index (χ0) is 12.7. The molecule has 92 valence electrons. The van der Waals surface area contributed by atoms with E-state index in [4.69, 9.17) is 0 Å². The number of nitrogens with zero attached hydrogens (tertiary/aromatic N) is 1. The van der Waals surface area contributed by atoms with Crippen LogP contribution in [0.1, 0.15) is 34.6 Å². The fourth-order valence-corrected chi connectivity index (χ4v) is 3.33. The summed E-state index contributed by atoms with van der Waals surface area (Å²) < 4.78 is 3.46. The summed E-state index contributed by atoms with van der Waals surface area (Å²) >= 11 is 2.35. The molecule has 3 heteroatoms. The van der Waals surface area contributed by atoms with Gasteiger partial charge in [-0.2, -0.15) is 0 Å². The van der Waals surface area contributed by atoms with E-state index in [2.05, 4.69) is 46.2 Å². The number of aryl methyl sites for hydroxylation is 1. The first kappa shape index (κ1) is 12.0. The van der Waals surface area contributed by atoms with Crippen molar-refractivity contribution in [3.8, 4) is 5.69 Å². The van der Waals surface area contributed by atoms with Crippen molar-refractivity contribution in [1.29, 1.82) is 0 Å². The molecule has 0 saturated carbocycles. The van der Waals surface area contributed by atoms with Crippen molar-refractivity contribution in [2.75, 3.05) is 0 Å². The third kappa shape index (κ3) is 1.81. The molecule has 0 atom stereocenters. The van der Waals surface area contributed by atoms with Gasteiger partial charge in [0.05, 0.1) is 5.69 Å². The number of carbonyl (C=O) groups is 1. The molecule has 0 radical (unpaired) electrons. The molecule has 0 spiro atoms. The summed E-state index contributed by atoms with van der Waals surface area (Å²) in [6, 6.07) is 10.4. The molecule has 1 aliphatic carbocycles. The summed E-state index contributed by atoms with van der Waals surface area (Å²) in [5.41, 5.74) is 4.46. The Labute approximate surface area is 120 Å². The molecule has 0 fully saturated rings. The number of Topliss-reactive ketones (excluding diaryl/α,β-unsaturated/α-hetero) is 1. The quantitative estimate of drug-likeness (QED) is 0.714. The van der Waals surface area contributed by atoms with Crippen LogP contribution in [0.2, 0.25) is 0 Å². The molecule has 0 saturated heterocycles. The summed E-state index contributed by atoms with van der Waals surface area (Å²) in [7, 11) is 0. The van der Waals surface area contributed by atoms with E-state index in [0.717, 1.165) is 24.1 Å². The molecule has 2 aromatic rings. The van der Waals surface area contributed by atoms with Crippen LogP contribution in [-0.4, -0.2) is 10.4 Å². The molecule has 0 N–H and O–H groups in total. The first-order valence-corrected chi connectivity index (χ1v) is 7.25. The summed E-state index contributed by atoms with van der Waals surface area (Å²) in [6.45, 7) is 2.08. The maximum Gasteiger partial charge on any atom is 0.164 e. The van der Waals surface area contributed by atoms with E-state index in [0.29, 0.717) is 12.2 Å². The van der Waals surface area contributed by atoms with Gasteiger partial charge in [-0.1, -0.05) is 12.1 Å². The number of fused-ring (bicyclic) bond motifs is 1. The summed E-state index contributed by atoms with van der Waals surface area (Å²) in [5, 5.41) is 0. The van der Waals surface area contributed by atoms with E-state index < -0.39 is 0 Å². The van der Waals surface area contributed by atoms with Gasteiger partial charge in [0.2, 0.25) is 0 Å². The highest BCUT2D eigenvalue weighted by molar-refractivity contribution is 14.1. The van der Waals surface area contributed by atoms with Crippen molar-refractivity contribution in [2.24, 2.45) is 0 Å². The molecule has 3 rings (SSSR count). The van der Waals surface area contributed by atoms with Crippen LogP contribution in [0.25, 0.3) is 5.69 Å². The monoisotopic (exact) mass is 351 g/mol. The summed E-state index contributed by atoms with van der Waals surface area (Å²) in [6.07, 6.45) is 2.67. The van der Waals surface area contributed by atoms with Gasteiger partial charge in [0.25, 0.3) is 0 Å². The van der Waals surface area contributed by atoms with Crippen molar-refractivity contribution in [3.05, 3.63) is 50.9 Å². The third-order valence-electron chi connectivity index (χ3n) is 3.50. The van der Waals surface area contributed by atoms with Crippen LogP contribution < -0.4 is 0 Å². The average molecular weight is 351 g/mol. The number of aromatic nitrogens is 1. The third-order valence-corrected chi connectivity index (χ3v) is 4.41. The van der Waals surface area contributed by atoms with Crippen LogP contribution in [0.4, 0.5) is 0 Å². The van der Waals surface area contributed by atoms with Crippen molar-refractivity contribution >= 4 is 28.4 Å². The number of halogens is 1. The minimum Gasteiger partial charge on any atom is -0.316 e. The van der Waals surface area contributed by atoms with E-state index in [1.807, 2.05) is 18.2 Å². The predicted octanol–water partition coefficient (Wildman–Crippen LogP) is 3.91. The van der Waals surface area contributed by atoms with Crippen LogP contribution in [0.3, 0.4) is 0 Å². The standard InChI is InChI=1S/C15H14INO/c1-10-9-11-13(7-4-8-15(11)18)17(10)14-6-3-2-5-12(14)16/h2-3,5-6,9H,4,7-8H2,1H3. The topological polar surface area (TPSA) is 22.0 Å². The van der Waals surface area contributed by atoms with Crippen molar-refractivity contribution < 1.29 is 4.79 Å². The summed E-state index contributed by atoms with van der Waals surface area (Å²) in [4.78, 5) is 12.0. The zero-order valence-electron chi connectivity index (χ0n) is 10.2. The summed E-state index contributed by atoms with van der Waals surface area (Å²) in [5.74, 6) is 0.295. The maximum atomic E-state index is 12.0. The first-order valence-electron chi connectivity index (χ1n) is 6.18. The largest absolute Gasteiger partial charge is 0.316 e. The Morgan fingerprint density at radius 3 is 2.78 bits per heavy atom. The van der Waals surface area contributed by atoms with Gasteiger partial charge >= 0.3 is 0 Å². The molecule has 1 aromatic carbocycles. The molecule has 1 aromatic heterocycles. The number of para-hydroxylation sites is 1. The van der Waals surface area contributed by atoms with E-state index in [1.165, 1.54) is 15.0 Å². The Balaban J connectivity index is 2.25. The highest BCUT2D eigenvalue weighted by atomic mass is 127. The van der Waals surface area contributed by atoms with Gasteiger partial charge in [0.15, 0.2) is 5.78 Å². The highest BCUT2D eigenvalue weighted by Gasteiger charge is 2.23. The van der Waals surface area contributed by atoms with Crippen molar-refractivity contribution in [2.45, 2.75) is 26.2 Å². The fourth-order valence-electron chi connectivity index (χ4n) is 2.70. The zero-order valence-corrected chi connectivity index (χ0v) is 12.4. The Morgan fingerprint density at radius 1 is 1.22 bits per heavy atom. The van der Waals surface area contributed by atoms with Crippen molar-refractivity contribution in [1.82, 2.24) is 4.57 Å². The Bertz CT molecular complexity index is 627. The number of ketones is 1. The smallest absolute Gasteiger partial charge is 0.164 e. The van der Waals surface area contributed by atoms with Crippen molar-refractivity contribution in [3.63, 3.8) is 0 Å². The lowest BCUT2D eigenvalue weighted by Gasteiger charge is -2.17. The van der Waals surface area contributed by atoms with Crippen LogP contribution in [0.15, 0.2) is 30.3 Å². The molecular formula is C15H14INO. The highest BCUT2D eigenvalue weighted by Crippen LogP contribution is 2.29. The number of rotatable bonds is 1. The van der Waals surface area contributed by atoms with Crippen LogP contribution in [-0.2, 0) is 6.42 Å². The molecule has 2 nitrogen and oxygen atoms in total. The lowest BCUT2D eigenvalue weighted by Crippen LogP contribution is -2.13. The second-order valence-electron chi connectivity index (χ2n) is 4.71. The Morgan fingerprint density at radius 2 is 2.00 bits per heavy atom. The number of carbonyl (C=O) groups excluding carboxylic acids is 1. The van der Waals surface area contributed by atoms with E-state index in [-0.39, 0.29) is 0 Å². The number of hydrogen-bond donors (Lipinski definition) is 0. The molecule has 0 bridgehead atoms. The minimum absolute atomic E-state index is 0.295. The molecule has 1 heterocycles. The van der Waals surface area contributed by atoms with Gasteiger partial charge in [-0.15, -0.1) is 0 Å². The molecular weight excluding hydrogens is 337 g/mol.